The van der Waals surface area contributed by atoms with Gasteiger partial charge >= 0.3 is 5.97 Å². The molecule has 5 nitrogen and oxygen atoms in total. The number of thiophene rings is 1. The highest BCUT2D eigenvalue weighted by Crippen LogP contribution is 2.35. The summed E-state index contributed by atoms with van der Waals surface area (Å²) in [6, 6.07) is 11.8. The molecule has 0 unspecified atom stereocenters. The van der Waals surface area contributed by atoms with E-state index >= 15 is 0 Å². The van der Waals surface area contributed by atoms with Crippen molar-refractivity contribution >= 4 is 28.2 Å². The molecule has 2 rings (SSSR count). The number of carbonyl (C=O) groups excluding carboxylic acids is 2. The number of nitrogens with one attached hydrogen (secondary N) is 2. The van der Waals surface area contributed by atoms with Crippen LogP contribution in [0.1, 0.15) is 37.6 Å². The van der Waals surface area contributed by atoms with Crippen molar-refractivity contribution in [3.63, 3.8) is 0 Å². The highest BCUT2D eigenvalue weighted by atomic mass is 32.1. The Morgan fingerprint density at radius 3 is 2.56 bits per heavy atom. The van der Waals surface area contributed by atoms with Gasteiger partial charge in [0.1, 0.15) is 5.00 Å². The van der Waals surface area contributed by atoms with E-state index in [0.717, 1.165) is 16.9 Å². The van der Waals surface area contributed by atoms with E-state index in [1.165, 1.54) is 11.3 Å². The van der Waals surface area contributed by atoms with Gasteiger partial charge in [-0.3, -0.25) is 4.79 Å². The summed E-state index contributed by atoms with van der Waals surface area (Å²) < 4.78 is 5.12. The molecule has 1 aromatic carbocycles. The second-order valence-electron chi connectivity index (χ2n) is 5.68. The summed E-state index contributed by atoms with van der Waals surface area (Å²) in [5.41, 5.74) is 1.39. The molecule has 1 atom stereocenters. The first-order valence-electron chi connectivity index (χ1n) is 8.44. The molecule has 2 aromatic rings. The lowest BCUT2D eigenvalue weighted by Crippen LogP contribution is -2.34. The molecule has 0 bridgehead atoms. The van der Waals surface area contributed by atoms with Gasteiger partial charge in [-0.1, -0.05) is 37.3 Å². The fourth-order valence-electron chi connectivity index (χ4n) is 2.17. The fraction of sp³-hybridized carbons (Fsp3) is 0.368. The maximum absolute atomic E-state index is 12.2. The molecule has 1 aromatic heterocycles. The second-order valence-corrected chi connectivity index (χ2v) is 6.73. The van der Waals surface area contributed by atoms with Crippen molar-refractivity contribution in [2.75, 3.05) is 18.5 Å². The van der Waals surface area contributed by atoms with Gasteiger partial charge in [-0.2, -0.15) is 0 Å². The molecule has 0 aliphatic carbocycles. The molecule has 0 spiro atoms. The molecule has 0 fully saturated rings. The number of amides is 1. The maximum Gasteiger partial charge on any atom is 0.341 e. The van der Waals surface area contributed by atoms with E-state index < -0.39 is 5.97 Å². The highest BCUT2D eigenvalue weighted by Gasteiger charge is 2.19. The van der Waals surface area contributed by atoms with Crippen molar-refractivity contribution in [3.8, 4) is 10.4 Å². The van der Waals surface area contributed by atoms with Gasteiger partial charge in [0.2, 0.25) is 5.91 Å². The predicted molar refractivity (Wildman–Crippen MR) is 102 cm³/mol. The van der Waals surface area contributed by atoms with Crippen LogP contribution < -0.4 is 10.6 Å². The minimum Gasteiger partial charge on any atom is -0.462 e. The van der Waals surface area contributed by atoms with Gasteiger partial charge in [0.15, 0.2) is 0 Å². The van der Waals surface area contributed by atoms with Gasteiger partial charge in [0, 0.05) is 10.9 Å². The number of anilines is 1. The molecule has 2 N–H and O–H groups in total. The standard InChI is InChI=1S/C19H24N2O3S/c1-4-13(3)20-12-17(22)21-18-15(19(23)24-5-2)11-16(25-18)14-9-7-6-8-10-14/h6-11,13,20H,4-5,12H2,1-3H3,(H,21,22)/t13-/m0/s1. The van der Waals surface area contributed by atoms with Crippen molar-refractivity contribution < 1.29 is 14.3 Å². The van der Waals surface area contributed by atoms with Crippen LogP contribution in [0.15, 0.2) is 36.4 Å². The largest absolute Gasteiger partial charge is 0.462 e. The van der Waals surface area contributed by atoms with E-state index in [4.69, 9.17) is 4.74 Å². The maximum atomic E-state index is 12.2. The zero-order valence-electron chi connectivity index (χ0n) is 14.8. The number of hydrogen-bond donors (Lipinski definition) is 2. The summed E-state index contributed by atoms with van der Waals surface area (Å²) in [6.45, 7) is 6.33. The number of rotatable bonds is 8. The molecule has 134 valence electrons. The van der Waals surface area contributed by atoms with E-state index in [0.29, 0.717) is 10.6 Å². The minimum absolute atomic E-state index is 0.174. The summed E-state index contributed by atoms with van der Waals surface area (Å²) in [5.74, 6) is -0.599. The summed E-state index contributed by atoms with van der Waals surface area (Å²) >= 11 is 1.37. The smallest absolute Gasteiger partial charge is 0.341 e. The zero-order chi connectivity index (χ0) is 18.2. The van der Waals surface area contributed by atoms with Crippen LogP contribution in [0, 0.1) is 0 Å². The summed E-state index contributed by atoms with van der Waals surface area (Å²) in [6.07, 6.45) is 0.943. The van der Waals surface area contributed by atoms with E-state index in [1.54, 1.807) is 13.0 Å². The van der Waals surface area contributed by atoms with Crippen LogP contribution in [-0.4, -0.2) is 31.1 Å². The van der Waals surface area contributed by atoms with Gasteiger partial charge in [-0.05, 0) is 31.9 Å². The predicted octanol–water partition coefficient (Wildman–Crippen LogP) is 3.92. The molecule has 6 heteroatoms. The van der Waals surface area contributed by atoms with E-state index in [1.807, 2.05) is 37.3 Å². The van der Waals surface area contributed by atoms with Crippen LogP contribution in [0.4, 0.5) is 5.00 Å². The third-order valence-corrected chi connectivity index (χ3v) is 4.86. The highest BCUT2D eigenvalue weighted by molar-refractivity contribution is 7.20. The summed E-state index contributed by atoms with van der Waals surface area (Å²) in [5, 5.41) is 6.50. The van der Waals surface area contributed by atoms with Gasteiger partial charge in [-0.15, -0.1) is 11.3 Å². The SMILES string of the molecule is CCOC(=O)c1cc(-c2ccccc2)sc1NC(=O)CN[C@@H](C)CC. The Balaban J connectivity index is 2.21. The molecule has 1 heterocycles. The third kappa shape index (κ3) is 5.41. The monoisotopic (exact) mass is 360 g/mol. The van der Waals surface area contributed by atoms with E-state index in [9.17, 15) is 9.59 Å². The number of benzene rings is 1. The second kappa shape index (κ2) is 9.34. The molecule has 0 saturated carbocycles. The Hall–Kier alpha value is -2.18. The van der Waals surface area contributed by atoms with Crippen LogP contribution in [0.2, 0.25) is 0 Å². The van der Waals surface area contributed by atoms with Crippen LogP contribution in [-0.2, 0) is 9.53 Å². The lowest BCUT2D eigenvalue weighted by molar-refractivity contribution is -0.115. The van der Waals surface area contributed by atoms with Crippen LogP contribution in [0.25, 0.3) is 10.4 Å². The summed E-state index contributed by atoms with van der Waals surface area (Å²) in [7, 11) is 0. The molecule has 0 radical (unpaired) electrons. The van der Waals surface area contributed by atoms with Crippen molar-refractivity contribution in [2.45, 2.75) is 33.2 Å². The van der Waals surface area contributed by atoms with Crippen LogP contribution >= 0.6 is 11.3 Å². The van der Waals surface area contributed by atoms with Crippen molar-refractivity contribution in [2.24, 2.45) is 0 Å². The fourth-order valence-corrected chi connectivity index (χ4v) is 3.24. The lowest BCUT2D eigenvalue weighted by Gasteiger charge is -2.11. The molecular formula is C19H24N2O3S. The van der Waals surface area contributed by atoms with Crippen molar-refractivity contribution in [3.05, 3.63) is 42.0 Å². The number of esters is 1. The quantitative estimate of drug-likeness (QED) is 0.700. The Kier molecular flexibility index (Phi) is 7.16. The third-order valence-electron chi connectivity index (χ3n) is 3.76. The first-order chi connectivity index (χ1) is 12.0. The number of hydrogen-bond acceptors (Lipinski definition) is 5. The minimum atomic E-state index is -0.425. The first-order valence-corrected chi connectivity index (χ1v) is 9.26. The normalized spacial score (nSPS) is 11.8. The molecule has 0 aliphatic heterocycles. The Bertz CT molecular complexity index is 713. The molecule has 0 saturated heterocycles. The van der Waals surface area contributed by atoms with Gasteiger partial charge < -0.3 is 15.4 Å². The van der Waals surface area contributed by atoms with Crippen LogP contribution in [0.5, 0.6) is 0 Å². The average Bonchev–Trinajstić information content (AvgIpc) is 3.04. The number of ether oxygens (including phenoxy) is 1. The molecule has 25 heavy (non-hydrogen) atoms. The van der Waals surface area contributed by atoms with Crippen molar-refractivity contribution in [1.29, 1.82) is 0 Å². The van der Waals surface area contributed by atoms with Crippen LogP contribution in [0.3, 0.4) is 0 Å². The van der Waals surface area contributed by atoms with E-state index in [-0.39, 0.29) is 25.1 Å². The van der Waals surface area contributed by atoms with Gasteiger partial charge in [-0.25, -0.2) is 4.79 Å². The molecule has 0 aliphatic rings. The van der Waals surface area contributed by atoms with Crippen molar-refractivity contribution in [1.82, 2.24) is 5.32 Å². The number of carbonyl (C=O) groups is 2. The lowest BCUT2D eigenvalue weighted by atomic mass is 10.1. The average molecular weight is 360 g/mol. The summed E-state index contributed by atoms with van der Waals surface area (Å²) in [4.78, 5) is 25.3. The Morgan fingerprint density at radius 2 is 1.92 bits per heavy atom. The van der Waals surface area contributed by atoms with Gasteiger partial charge in [0.25, 0.3) is 0 Å². The van der Waals surface area contributed by atoms with E-state index in [2.05, 4.69) is 17.6 Å². The van der Waals surface area contributed by atoms with Gasteiger partial charge in [0.05, 0.1) is 18.7 Å². The Morgan fingerprint density at radius 1 is 1.20 bits per heavy atom. The zero-order valence-corrected chi connectivity index (χ0v) is 15.6. The molecular weight excluding hydrogens is 336 g/mol. The Labute approximate surface area is 152 Å². The first kappa shape index (κ1) is 19.1. The molecule has 1 amide bonds. The topological polar surface area (TPSA) is 67.4 Å².